The highest BCUT2D eigenvalue weighted by atomic mass is 16.7. The van der Waals surface area contributed by atoms with Crippen LogP contribution in [0.2, 0.25) is 0 Å². The molecule has 3 saturated carbocycles. The van der Waals surface area contributed by atoms with Crippen LogP contribution >= 0.6 is 0 Å². The van der Waals surface area contributed by atoms with Crippen LogP contribution in [0.5, 0.6) is 0 Å². The van der Waals surface area contributed by atoms with Crippen LogP contribution in [0.4, 0.5) is 4.79 Å². The van der Waals surface area contributed by atoms with Crippen LogP contribution in [0.25, 0.3) is 0 Å². The Labute approximate surface area is 176 Å². The van der Waals surface area contributed by atoms with Crippen molar-refractivity contribution in [2.24, 2.45) is 28.6 Å². The Bertz CT molecular complexity index is 803. The number of rotatable bonds is 3. The van der Waals surface area contributed by atoms with Gasteiger partial charge in [-0.25, -0.2) is 4.79 Å². The summed E-state index contributed by atoms with van der Waals surface area (Å²) in [6.07, 6.45) is 4.32. The lowest BCUT2D eigenvalue weighted by atomic mass is 9.45. The maximum Gasteiger partial charge on any atom is 0.509 e. The molecule has 30 heavy (non-hydrogen) atoms. The summed E-state index contributed by atoms with van der Waals surface area (Å²) in [6.45, 7) is 3.36. The summed E-state index contributed by atoms with van der Waals surface area (Å²) in [5.41, 5.74) is -1.37. The normalized spacial score (nSPS) is 45.0. The lowest BCUT2D eigenvalue weighted by molar-refractivity contribution is -0.186. The van der Waals surface area contributed by atoms with E-state index in [1.807, 2.05) is 6.92 Å². The number of ether oxygens (including phenoxy) is 2. The van der Waals surface area contributed by atoms with Crippen molar-refractivity contribution >= 4 is 17.7 Å². The van der Waals surface area contributed by atoms with Gasteiger partial charge in [-0.15, -0.1) is 0 Å². The molecule has 0 aromatic heterocycles. The fourth-order valence-corrected chi connectivity index (χ4v) is 7.67. The first kappa shape index (κ1) is 21.5. The predicted octanol–water partition coefficient (Wildman–Crippen LogP) is 2.57. The number of hydrogen-bond acceptors (Lipinski definition) is 7. The van der Waals surface area contributed by atoms with E-state index in [4.69, 9.17) is 4.74 Å². The average molecular weight is 421 g/mol. The van der Waals surface area contributed by atoms with Crippen LogP contribution in [0.3, 0.4) is 0 Å². The van der Waals surface area contributed by atoms with Crippen molar-refractivity contribution in [2.75, 3.05) is 13.7 Å². The third-order valence-electron chi connectivity index (χ3n) is 9.03. The molecule has 0 aliphatic heterocycles. The zero-order chi connectivity index (χ0) is 21.9. The summed E-state index contributed by atoms with van der Waals surface area (Å²) in [4.78, 5) is 37.0. The van der Waals surface area contributed by atoms with Gasteiger partial charge in [0, 0.05) is 11.8 Å². The minimum absolute atomic E-state index is 0.00169. The molecule has 0 aromatic carbocycles. The number of allylic oxidation sites excluding steroid dienone is 1. The number of carbonyl (C=O) groups is 3. The number of hydrogen-bond donors (Lipinski definition) is 2. The molecule has 166 valence electrons. The first-order valence-corrected chi connectivity index (χ1v) is 11.0. The van der Waals surface area contributed by atoms with Gasteiger partial charge >= 0.3 is 6.16 Å². The molecule has 3 fully saturated rings. The zero-order valence-electron chi connectivity index (χ0n) is 18.0. The standard InChI is InChI=1S/C23H32O7/c1-21-8-6-14(25)10-13(21)4-5-15-16-7-9-23(18(27)12-24,30-20(28)29-3)22(16,2)11-17(26)19(15)21/h10,15-17,19,24,26H,4-9,11-12H2,1-3H3/t15-,16-,17-,19+,21-,22-,23-/m0/s1. The van der Waals surface area contributed by atoms with Crippen LogP contribution in [0.1, 0.15) is 58.8 Å². The second kappa shape index (κ2) is 7.16. The summed E-state index contributed by atoms with van der Waals surface area (Å²) in [7, 11) is 1.19. The molecule has 0 spiro atoms. The van der Waals surface area contributed by atoms with Gasteiger partial charge in [-0.3, -0.25) is 9.59 Å². The number of ketones is 2. The summed E-state index contributed by atoms with van der Waals surface area (Å²) in [6, 6.07) is 0. The second-order valence-corrected chi connectivity index (χ2v) is 10.1. The van der Waals surface area contributed by atoms with Crippen LogP contribution < -0.4 is 0 Å². The van der Waals surface area contributed by atoms with Gasteiger partial charge in [0.05, 0.1) is 13.2 Å². The Morgan fingerprint density at radius 3 is 2.60 bits per heavy atom. The van der Waals surface area contributed by atoms with Crippen molar-refractivity contribution in [3.8, 4) is 0 Å². The molecule has 0 amide bonds. The molecule has 2 N–H and O–H groups in total. The molecule has 0 bridgehead atoms. The van der Waals surface area contributed by atoms with Crippen LogP contribution in [-0.4, -0.2) is 53.4 Å². The lowest BCUT2D eigenvalue weighted by Gasteiger charge is -2.60. The molecule has 7 atom stereocenters. The predicted molar refractivity (Wildman–Crippen MR) is 106 cm³/mol. The van der Waals surface area contributed by atoms with Gasteiger partial charge < -0.3 is 19.7 Å². The third kappa shape index (κ3) is 2.74. The number of aliphatic hydroxyl groups is 2. The number of aliphatic hydroxyl groups excluding tert-OH is 2. The smallest absolute Gasteiger partial charge is 0.438 e. The van der Waals surface area contributed by atoms with Gasteiger partial charge in [0.1, 0.15) is 6.61 Å². The minimum Gasteiger partial charge on any atom is -0.438 e. The van der Waals surface area contributed by atoms with Crippen LogP contribution in [-0.2, 0) is 19.1 Å². The number of Topliss-reactive ketones (excluding diaryl/α,β-unsaturated/α-hetero) is 1. The highest BCUT2D eigenvalue weighted by molar-refractivity contribution is 5.92. The second-order valence-electron chi connectivity index (χ2n) is 10.1. The van der Waals surface area contributed by atoms with Gasteiger partial charge in [-0.2, -0.15) is 0 Å². The van der Waals surface area contributed by atoms with Crippen molar-refractivity contribution in [2.45, 2.75) is 70.5 Å². The van der Waals surface area contributed by atoms with Gasteiger partial charge in [0.15, 0.2) is 11.4 Å². The Morgan fingerprint density at radius 1 is 1.20 bits per heavy atom. The highest BCUT2D eigenvalue weighted by Crippen LogP contribution is 2.68. The van der Waals surface area contributed by atoms with Crippen molar-refractivity contribution in [1.82, 2.24) is 0 Å². The van der Waals surface area contributed by atoms with E-state index in [0.29, 0.717) is 25.7 Å². The number of methoxy groups -OCH3 is 1. The van der Waals surface area contributed by atoms with Gasteiger partial charge in [-0.05, 0) is 67.8 Å². The Kier molecular flexibility index (Phi) is 5.13. The summed E-state index contributed by atoms with van der Waals surface area (Å²) < 4.78 is 10.3. The average Bonchev–Trinajstić information content (AvgIpc) is 3.00. The highest BCUT2D eigenvalue weighted by Gasteiger charge is 2.70. The number of carbonyl (C=O) groups excluding carboxylic acids is 3. The third-order valence-corrected chi connectivity index (χ3v) is 9.03. The molecule has 0 heterocycles. The Balaban J connectivity index is 1.75. The molecule has 7 heteroatoms. The van der Waals surface area contributed by atoms with Crippen LogP contribution in [0, 0.1) is 28.6 Å². The van der Waals surface area contributed by atoms with E-state index in [2.05, 4.69) is 11.7 Å². The van der Waals surface area contributed by atoms with Crippen LogP contribution in [0.15, 0.2) is 11.6 Å². The first-order chi connectivity index (χ1) is 14.1. The van der Waals surface area contributed by atoms with E-state index in [-0.39, 0.29) is 29.0 Å². The van der Waals surface area contributed by atoms with Crippen molar-refractivity contribution < 1.29 is 34.1 Å². The molecule has 4 aliphatic carbocycles. The van der Waals surface area contributed by atoms with E-state index in [0.717, 1.165) is 24.8 Å². The largest absolute Gasteiger partial charge is 0.509 e. The Hall–Kier alpha value is -1.73. The fourth-order valence-electron chi connectivity index (χ4n) is 7.67. The molecular weight excluding hydrogens is 388 g/mol. The van der Waals surface area contributed by atoms with E-state index in [9.17, 15) is 24.6 Å². The van der Waals surface area contributed by atoms with Crippen molar-refractivity contribution in [3.05, 3.63) is 11.6 Å². The summed E-state index contributed by atoms with van der Waals surface area (Å²) in [5, 5.41) is 21.1. The molecule has 0 aromatic rings. The lowest BCUT2D eigenvalue weighted by Crippen LogP contribution is -2.63. The first-order valence-electron chi connectivity index (χ1n) is 11.0. The quantitative estimate of drug-likeness (QED) is 0.675. The van der Waals surface area contributed by atoms with Gasteiger partial charge in [0.25, 0.3) is 0 Å². The summed E-state index contributed by atoms with van der Waals surface area (Å²) in [5.74, 6) is -0.141. The SMILES string of the molecule is COC(=O)O[C@]1(C(=O)CO)CC[C@H]2[C@@H]3CCC4=CC(=O)CC[C@]4(C)[C@H]3[C@@H](O)C[C@@]21C. The molecule has 4 rings (SSSR count). The maximum absolute atomic E-state index is 12.9. The van der Waals surface area contributed by atoms with Crippen molar-refractivity contribution in [1.29, 1.82) is 0 Å². The van der Waals surface area contributed by atoms with E-state index in [1.165, 1.54) is 7.11 Å². The minimum atomic E-state index is -1.50. The number of fused-ring (bicyclic) bond motifs is 5. The van der Waals surface area contributed by atoms with Crippen molar-refractivity contribution in [3.63, 3.8) is 0 Å². The monoisotopic (exact) mass is 420 g/mol. The molecule has 0 unspecified atom stereocenters. The van der Waals surface area contributed by atoms with E-state index >= 15 is 0 Å². The molecule has 0 radical (unpaired) electrons. The van der Waals surface area contributed by atoms with Gasteiger partial charge in [0.2, 0.25) is 5.78 Å². The van der Waals surface area contributed by atoms with E-state index in [1.54, 1.807) is 6.08 Å². The fraction of sp³-hybridized carbons (Fsp3) is 0.783. The zero-order valence-corrected chi connectivity index (χ0v) is 18.0. The topological polar surface area (TPSA) is 110 Å². The maximum atomic E-state index is 12.9. The van der Waals surface area contributed by atoms with E-state index < -0.39 is 35.7 Å². The molecule has 7 nitrogen and oxygen atoms in total. The summed E-state index contributed by atoms with van der Waals surface area (Å²) >= 11 is 0. The van der Waals surface area contributed by atoms with Gasteiger partial charge in [-0.1, -0.05) is 19.4 Å². The molecule has 0 saturated heterocycles. The molecule has 4 aliphatic rings. The molecular formula is C23H32O7. The Morgan fingerprint density at radius 2 is 1.93 bits per heavy atom.